The molecule has 9 heteroatoms. The monoisotopic (exact) mass is 386 g/mol. The Bertz CT molecular complexity index is 849. The fourth-order valence-electron chi connectivity index (χ4n) is 2.92. The van der Waals surface area contributed by atoms with Crippen molar-refractivity contribution in [2.75, 3.05) is 18.9 Å². The summed E-state index contributed by atoms with van der Waals surface area (Å²) in [7, 11) is 1.48. The van der Waals surface area contributed by atoms with Crippen LogP contribution in [-0.4, -0.2) is 30.3 Å². The molecule has 0 bridgehead atoms. The molecule has 1 aromatic heterocycles. The lowest BCUT2D eigenvalue weighted by molar-refractivity contribution is -0.137. The summed E-state index contributed by atoms with van der Waals surface area (Å²) in [5, 5.41) is 3.32. The topological polar surface area (TPSA) is 49.4 Å². The number of carbonyl (C=O) groups is 2. The Balaban J connectivity index is 1.88. The number of anilines is 1. The van der Waals surface area contributed by atoms with Crippen LogP contribution < -0.4 is 5.32 Å². The molecule has 1 N–H and O–H groups in total. The van der Waals surface area contributed by atoms with E-state index in [-0.39, 0.29) is 12.2 Å². The molecule has 1 saturated heterocycles. The van der Waals surface area contributed by atoms with Crippen molar-refractivity contribution in [2.45, 2.75) is 12.1 Å². The largest absolute Gasteiger partial charge is 0.417 e. The Morgan fingerprint density at radius 1 is 1.31 bits per heavy atom. The van der Waals surface area contributed by atoms with Crippen LogP contribution in [0.5, 0.6) is 0 Å². The van der Waals surface area contributed by atoms with Gasteiger partial charge in [-0.15, -0.1) is 11.3 Å². The van der Waals surface area contributed by atoms with Crippen LogP contribution in [0, 0.1) is 11.7 Å². The second-order valence-corrected chi connectivity index (χ2v) is 6.95. The molecular formula is C17H14F4N2O2S. The van der Waals surface area contributed by atoms with E-state index in [4.69, 9.17) is 0 Å². The van der Waals surface area contributed by atoms with Crippen LogP contribution in [0.3, 0.4) is 0 Å². The predicted octanol–water partition coefficient (Wildman–Crippen LogP) is 3.72. The molecule has 0 spiro atoms. The number of para-hydroxylation sites is 1. The minimum atomic E-state index is -4.49. The van der Waals surface area contributed by atoms with Gasteiger partial charge in [0.15, 0.2) is 0 Å². The number of rotatable bonds is 3. The van der Waals surface area contributed by atoms with E-state index >= 15 is 0 Å². The van der Waals surface area contributed by atoms with Gasteiger partial charge in [-0.2, -0.15) is 13.2 Å². The first kappa shape index (κ1) is 18.4. The maximum absolute atomic E-state index is 13.7. The van der Waals surface area contributed by atoms with Gasteiger partial charge in [-0.25, -0.2) is 4.39 Å². The molecule has 1 fully saturated rings. The number of thiophene rings is 1. The highest BCUT2D eigenvalue weighted by Gasteiger charge is 2.45. The van der Waals surface area contributed by atoms with Gasteiger partial charge in [-0.05, 0) is 18.2 Å². The molecule has 1 aliphatic rings. The molecule has 1 aromatic carbocycles. The Morgan fingerprint density at radius 3 is 2.62 bits per heavy atom. The Hall–Kier alpha value is -2.42. The standard InChI is InChI=1S/C17H14F4N2O2S/c1-23-7-10(13-6-9(8-26-13)17(19,20)21)14(16(23)25)15(24)22-12-5-3-2-4-11(12)18/h2-6,8,10,14H,7H2,1H3,(H,22,24)/t10-,14+/m1/s1. The number of nitrogens with zero attached hydrogens (tertiary/aromatic N) is 1. The summed E-state index contributed by atoms with van der Waals surface area (Å²) >= 11 is 0.855. The molecule has 2 atom stereocenters. The van der Waals surface area contributed by atoms with Crippen molar-refractivity contribution in [1.82, 2.24) is 4.90 Å². The zero-order valence-corrected chi connectivity index (χ0v) is 14.3. The third-order valence-corrected chi connectivity index (χ3v) is 5.31. The predicted molar refractivity (Wildman–Crippen MR) is 88.2 cm³/mol. The summed E-state index contributed by atoms with van der Waals surface area (Å²) in [6, 6.07) is 6.44. The van der Waals surface area contributed by atoms with Gasteiger partial charge < -0.3 is 10.2 Å². The molecule has 4 nitrogen and oxygen atoms in total. The maximum atomic E-state index is 13.7. The molecule has 0 radical (unpaired) electrons. The maximum Gasteiger partial charge on any atom is 0.417 e. The number of halogens is 4. The van der Waals surface area contributed by atoms with Crippen molar-refractivity contribution < 1.29 is 27.2 Å². The average molecular weight is 386 g/mol. The number of benzene rings is 1. The van der Waals surface area contributed by atoms with Crippen LogP contribution in [0.15, 0.2) is 35.7 Å². The van der Waals surface area contributed by atoms with Crippen LogP contribution in [0.4, 0.5) is 23.2 Å². The normalized spacial score (nSPS) is 20.5. The summed E-state index contributed by atoms with van der Waals surface area (Å²) < 4.78 is 52.2. The molecule has 2 aromatic rings. The summed E-state index contributed by atoms with van der Waals surface area (Å²) in [6.45, 7) is 0.117. The van der Waals surface area contributed by atoms with Crippen LogP contribution in [-0.2, 0) is 15.8 Å². The number of likely N-dealkylation sites (N-methyl/N-ethyl adjacent to an activating group) is 1. The molecule has 0 unspecified atom stereocenters. The smallest absolute Gasteiger partial charge is 0.344 e. The molecule has 0 saturated carbocycles. The lowest BCUT2D eigenvalue weighted by atomic mass is 9.92. The van der Waals surface area contributed by atoms with Crippen molar-refractivity contribution in [3.8, 4) is 0 Å². The summed E-state index contributed by atoms with van der Waals surface area (Å²) in [5.41, 5.74) is -0.895. The molecule has 1 aliphatic heterocycles. The quantitative estimate of drug-likeness (QED) is 0.646. The number of likely N-dealkylation sites (tertiary alicyclic amines) is 1. The molecule has 138 valence electrons. The highest BCUT2D eigenvalue weighted by atomic mass is 32.1. The Labute approximate surface area is 150 Å². The van der Waals surface area contributed by atoms with Gasteiger partial charge in [0, 0.05) is 29.8 Å². The lowest BCUT2D eigenvalue weighted by Gasteiger charge is -2.15. The number of carbonyl (C=O) groups excluding carboxylic acids is 2. The number of hydrogen-bond acceptors (Lipinski definition) is 3. The first-order valence-corrected chi connectivity index (χ1v) is 8.52. The highest BCUT2D eigenvalue weighted by molar-refractivity contribution is 7.10. The van der Waals surface area contributed by atoms with E-state index in [1.807, 2.05) is 0 Å². The molecule has 2 heterocycles. The summed E-state index contributed by atoms with van der Waals surface area (Å²) in [5.74, 6) is -3.84. The van der Waals surface area contributed by atoms with E-state index in [1.165, 1.54) is 30.1 Å². The van der Waals surface area contributed by atoms with Crippen molar-refractivity contribution >= 4 is 28.8 Å². The number of alkyl halides is 3. The van der Waals surface area contributed by atoms with Crippen LogP contribution in [0.2, 0.25) is 0 Å². The zero-order chi connectivity index (χ0) is 19.1. The Kier molecular flexibility index (Phi) is 4.74. The first-order valence-electron chi connectivity index (χ1n) is 7.64. The van der Waals surface area contributed by atoms with Crippen molar-refractivity contribution in [1.29, 1.82) is 0 Å². The van der Waals surface area contributed by atoms with E-state index in [0.29, 0.717) is 4.88 Å². The van der Waals surface area contributed by atoms with Gasteiger partial charge in [-0.3, -0.25) is 9.59 Å². The number of amides is 2. The van der Waals surface area contributed by atoms with Crippen LogP contribution in [0.1, 0.15) is 16.4 Å². The summed E-state index contributed by atoms with van der Waals surface area (Å²) in [4.78, 5) is 26.5. The molecule has 0 aliphatic carbocycles. The van der Waals surface area contributed by atoms with Gasteiger partial charge in [0.25, 0.3) is 0 Å². The van der Waals surface area contributed by atoms with Crippen LogP contribution in [0.25, 0.3) is 0 Å². The van der Waals surface area contributed by atoms with Crippen molar-refractivity contribution in [3.63, 3.8) is 0 Å². The minimum Gasteiger partial charge on any atom is -0.344 e. The van der Waals surface area contributed by atoms with E-state index in [2.05, 4.69) is 5.32 Å². The summed E-state index contributed by atoms with van der Waals surface area (Å²) in [6.07, 6.45) is -4.49. The number of hydrogen-bond donors (Lipinski definition) is 1. The molecule has 3 rings (SSSR count). The van der Waals surface area contributed by atoms with Gasteiger partial charge in [0.2, 0.25) is 11.8 Å². The number of nitrogens with one attached hydrogen (secondary N) is 1. The minimum absolute atomic E-state index is 0.0826. The van der Waals surface area contributed by atoms with E-state index in [0.717, 1.165) is 28.8 Å². The average Bonchev–Trinajstić information content (AvgIpc) is 3.15. The van der Waals surface area contributed by atoms with E-state index in [1.54, 1.807) is 0 Å². The fourth-order valence-corrected chi connectivity index (χ4v) is 3.96. The zero-order valence-electron chi connectivity index (χ0n) is 13.5. The van der Waals surface area contributed by atoms with Gasteiger partial charge in [0.05, 0.1) is 11.3 Å². The molecule has 26 heavy (non-hydrogen) atoms. The van der Waals surface area contributed by atoms with Crippen molar-refractivity contribution in [2.24, 2.45) is 5.92 Å². The SMILES string of the molecule is CN1C[C@H](c2cc(C(F)(F)F)cs2)[C@@H](C(=O)Nc2ccccc2F)C1=O. The van der Waals surface area contributed by atoms with Crippen molar-refractivity contribution in [3.05, 3.63) is 52.0 Å². The second-order valence-electron chi connectivity index (χ2n) is 6.01. The first-order chi connectivity index (χ1) is 12.2. The molecular weight excluding hydrogens is 372 g/mol. The van der Waals surface area contributed by atoms with E-state index < -0.39 is 41.2 Å². The van der Waals surface area contributed by atoms with Crippen LogP contribution >= 0.6 is 11.3 Å². The second kappa shape index (κ2) is 6.71. The van der Waals surface area contributed by atoms with Gasteiger partial charge in [-0.1, -0.05) is 12.1 Å². The molecule has 2 amide bonds. The lowest BCUT2D eigenvalue weighted by Crippen LogP contribution is -2.32. The fraction of sp³-hybridized carbons (Fsp3) is 0.294. The highest BCUT2D eigenvalue weighted by Crippen LogP contribution is 2.40. The van der Waals surface area contributed by atoms with Gasteiger partial charge in [0.1, 0.15) is 11.7 Å². The third-order valence-electron chi connectivity index (χ3n) is 4.24. The Morgan fingerprint density at radius 2 is 2.00 bits per heavy atom. The third kappa shape index (κ3) is 3.44. The van der Waals surface area contributed by atoms with Gasteiger partial charge >= 0.3 is 6.18 Å². The van der Waals surface area contributed by atoms with E-state index in [9.17, 15) is 27.2 Å².